The van der Waals surface area contributed by atoms with E-state index in [1.807, 2.05) is 5.38 Å². The van der Waals surface area contributed by atoms with E-state index in [0.717, 1.165) is 30.8 Å². The molecular formula is C15H23N5S. The predicted molar refractivity (Wildman–Crippen MR) is 84.4 cm³/mol. The molecule has 1 fully saturated rings. The van der Waals surface area contributed by atoms with Crippen LogP contribution >= 0.6 is 11.5 Å². The molecule has 3 rings (SSSR count). The molecule has 1 aliphatic carbocycles. The highest BCUT2D eigenvalue weighted by atomic mass is 32.1. The van der Waals surface area contributed by atoms with Crippen LogP contribution in [-0.2, 0) is 6.42 Å². The Kier molecular flexibility index (Phi) is 4.98. The number of hydrogen-bond donors (Lipinski definition) is 1. The Morgan fingerprint density at radius 1 is 1.43 bits per heavy atom. The van der Waals surface area contributed by atoms with Crippen LogP contribution in [0.4, 0.5) is 0 Å². The lowest BCUT2D eigenvalue weighted by molar-refractivity contribution is 0.455. The molecule has 0 spiro atoms. The van der Waals surface area contributed by atoms with E-state index in [1.54, 1.807) is 0 Å². The maximum atomic E-state index is 4.78. The highest BCUT2D eigenvalue weighted by Crippen LogP contribution is 2.29. The number of hydrogen-bond acceptors (Lipinski definition) is 5. The van der Waals surface area contributed by atoms with Crippen LogP contribution in [-0.4, -0.2) is 25.9 Å². The van der Waals surface area contributed by atoms with Crippen molar-refractivity contribution in [3.63, 3.8) is 0 Å². The van der Waals surface area contributed by atoms with Crippen molar-refractivity contribution in [2.75, 3.05) is 6.54 Å². The average molecular weight is 305 g/mol. The van der Waals surface area contributed by atoms with Gasteiger partial charge in [-0.05, 0) is 43.4 Å². The summed E-state index contributed by atoms with van der Waals surface area (Å²) in [6.45, 7) is 3.17. The summed E-state index contributed by atoms with van der Waals surface area (Å²) in [5, 5.41) is 14.6. The smallest absolute Gasteiger partial charge is 0.0928 e. The lowest BCUT2D eigenvalue weighted by Crippen LogP contribution is -2.24. The maximum absolute atomic E-state index is 4.78. The van der Waals surface area contributed by atoms with E-state index in [-0.39, 0.29) is 6.04 Å². The largest absolute Gasteiger partial charge is 0.308 e. The maximum Gasteiger partial charge on any atom is 0.0928 e. The van der Waals surface area contributed by atoms with Gasteiger partial charge in [-0.3, -0.25) is 4.68 Å². The molecule has 0 amide bonds. The van der Waals surface area contributed by atoms with Gasteiger partial charge in [-0.15, -0.1) is 5.10 Å². The zero-order valence-electron chi connectivity index (χ0n) is 12.5. The first-order chi connectivity index (χ1) is 10.4. The molecule has 1 N–H and O–H groups in total. The first-order valence-electron chi connectivity index (χ1n) is 7.91. The van der Waals surface area contributed by atoms with Crippen molar-refractivity contribution in [2.24, 2.45) is 0 Å². The Hall–Kier alpha value is -1.27. The second kappa shape index (κ2) is 7.13. The monoisotopic (exact) mass is 305 g/mol. The van der Waals surface area contributed by atoms with Crippen molar-refractivity contribution < 1.29 is 0 Å². The van der Waals surface area contributed by atoms with Crippen LogP contribution in [0.5, 0.6) is 0 Å². The van der Waals surface area contributed by atoms with Gasteiger partial charge in [0.05, 0.1) is 23.5 Å². The topological polar surface area (TPSA) is 55.6 Å². The molecule has 0 bridgehead atoms. The van der Waals surface area contributed by atoms with Crippen molar-refractivity contribution >= 4 is 11.5 Å². The van der Waals surface area contributed by atoms with Crippen LogP contribution in [0, 0.1) is 0 Å². The molecule has 5 nitrogen and oxygen atoms in total. The summed E-state index contributed by atoms with van der Waals surface area (Å²) >= 11 is 1.41. The number of aromatic nitrogens is 4. The van der Waals surface area contributed by atoms with E-state index in [4.69, 9.17) is 5.10 Å². The third kappa shape index (κ3) is 3.68. The van der Waals surface area contributed by atoms with Gasteiger partial charge in [0.15, 0.2) is 0 Å². The SMILES string of the molecule is CCCNC(Cc1ccn(C2CCCC2)n1)c1csnn1. The summed E-state index contributed by atoms with van der Waals surface area (Å²) in [5.41, 5.74) is 2.17. The summed E-state index contributed by atoms with van der Waals surface area (Å²) in [7, 11) is 0. The molecule has 0 aliphatic heterocycles. The van der Waals surface area contributed by atoms with Gasteiger partial charge >= 0.3 is 0 Å². The number of nitrogens with zero attached hydrogens (tertiary/aromatic N) is 4. The Labute approximate surface area is 129 Å². The molecule has 6 heteroatoms. The molecule has 0 aromatic carbocycles. The molecular weight excluding hydrogens is 282 g/mol. The van der Waals surface area contributed by atoms with Gasteiger partial charge in [0, 0.05) is 18.0 Å². The minimum Gasteiger partial charge on any atom is -0.308 e. The van der Waals surface area contributed by atoms with Crippen molar-refractivity contribution in [1.82, 2.24) is 24.7 Å². The van der Waals surface area contributed by atoms with E-state index in [9.17, 15) is 0 Å². The van der Waals surface area contributed by atoms with E-state index < -0.39 is 0 Å². The molecule has 2 aromatic rings. The van der Waals surface area contributed by atoms with Gasteiger partial charge in [0.2, 0.25) is 0 Å². The zero-order valence-corrected chi connectivity index (χ0v) is 13.4. The second-order valence-corrected chi connectivity index (χ2v) is 6.38. The Balaban J connectivity index is 1.67. The van der Waals surface area contributed by atoms with Crippen molar-refractivity contribution in [3.05, 3.63) is 29.0 Å². The zero-order chi connectivity index (χ0) is 14.5. The molecule has 1 saturated carbocycles. The summed E-state index contributed by atoms with van der Waals surface area (Å²) in [6.07, 6.45) is 9.36. The number of nitrogens with one attached hydrogen (secondary N) is 1. The van der Waals surface area contributed by atoms with Crippen LogP contribution in [0.25, 0.3) is 0 Å². The fourth-order valence-electron chi connectivity index (χ4n) is 2.99. The minimum absolute atomic E-state index is 0.218. The van der Waals surface area contributed by atoms with Gasteiger partial charge in [-0.1, -0.05) is 24.3 Å². The summed E-state index contributed by atoms with van der Waals surface area (Å²) < 4.78 is 6.15. The first-order valence-corrected chi connectivity index (χ1v) is 8.75. The Morgan fingerprint density at radius 2 is 2.29 bits per heavy atom. The van der Waals surface area contributed by atoms with E-state index in [0.29, 0.717) is 6.04 Å². The fourth-order valence-corrected chi connectivity index (χ4v) is 3.50. The molecule has 2 heterocycles. The van der Waals surface area contributed by atoms with Gasteiger partial charge in [-0.25, -0.2) is 0 Å². The van der Waals surface area contributed by atoms with Gasteiger partial charge < -0.3 is 5.32 Å². The molecule has 0 radical (unpaired) electrons. The third-order valence-electron chi connectivity index (χ3n) is 4.15. The van der Waals surface area contributed by atoms with Crippen molar-refractivity contribution in [1.29, 1.82) is 0 Å². The summed E-state index contributed by atoms with van der Waals surface area (Å²) in [5.74, 6) is 0. The molecule has 114 valence electrons. The van der Waals surface area contributed by atoms with Gasteiger partial charge in [-0.2, -0.15) is 5.10 Å². The lowest BCUT2D eigenvalue weighted by Gasteiger charge is -2.15. The Morgan fingerprint density at radius 3 is 3.00 bits per heavy atom. The van der Waals surface area contributed by atoms with E-state index in [1.165, 1.54) is 37.2 Å². The fraction of sp³-hybridized carbons (Fsp3) is 0.667. The molecule has 0 saturated heterocycles. The van der Waals surface area contributed by atoms with Crippen LogP contribution in [0.2, 0.25) is 0 Å². The van der Waals surface area contributed by atoms with Crippen LogP contribution < -0.4 is 5.32 Å². The van der Waals surface area contributed by atoms with Crippen molar-refractivity contribution in [2.45, 2.75) is 57.5 Å². The Bertz CT molecular complexity index is 530. The van der Waals surface area contributed by atoms with Crippen LogP contribution in [0.15, 0.2) is 17.6 Å². The molecule has 1 aliphatic rings. The molecule has 21 heavy (non-hydrogen) atoms. The molecule has 1 atom stereocenters. The second-order valence-electron chi connectivity index (χ2n) is 5.77. The van der Waals surface area contributed by atoms with E-state index >= 15 is 0 Å². The van der Waals surface area contributed by atoms with Crippen molar-refractivity contribution in [3.8, 4) is 0 Å². The van der Waals surface area contributed by atoms with E-state index in [2.05, 4.69) is 38.8 Å². The minimum atomic E-state index is 0.218. The van der Waals surface area contributed by atoms with Crippen LogP contribution in [0.1, 0.15) is 62.5 Å². The summed E-state index contributed by atoms with van der Waals surface area (Å²) in [4.78, 5) is 0. The summed E-state index contributed by atoms with van der Waals surface area (Å²) in [6, 6.07) is 2.98. The lowest BCUT2D eigenvalue weighted by atomic mass is 10.1. The standard InChI is InChI=1S/C15H23N5S/c1-2-8-16-14(15-11-21-19-17-15)10-12-7-9-20(18-12)13-5-3-4-6-13/h7,9,11,13-14,16H,2-6,8,10H2,1H3. The predicted octanol–water partition coefficient (Wildman–Crippen LogP) is 3.13. The van der Waals surface area contributed by atoms with Gasteiger partial charge in [0.1, 0.15) is 0 Å². The normalized spacial score (nSPS) is 17.4. The quantitative estimate of drug-likeness (QED) is 0.854. The third-order valence-corrected chi connectivity index (χ3v) is 4.67. The molecule has 1 unspecified atom stereocenters. The van der Waals surface area contributed by atoms with Crippen LogP contribution in [0.3, 0.4) is 0 Å². The number of rotatable bonds is 7. The van der Waals surface area contributed by atoms with Gasteiger partial charge in [0.25, 0.3) is 0 Å². The average Bonchev–Trinajstić information content (AvgIpc) is 3.24. The highest BCUT2D eigenvalue weighted by molar-refractivity contribution is 7.03. The molecule has 2 aromatic heterocycles. The highest BCUT2D eigenvalue weighted by Gasteiger charge is 2.19. The first kappa shape index (κ1) is 14.7.